The van der Waals surface area contributed by atoms with Gasteiger partial charge in [0.1, 0.15) is 10.6 Å². The molecule has 0 aliphatic heterocycles. The molecule has 1 aromatic carbocycles. The second-order valence-corrected chi connectivity index (χ2v) is 6.73. The Morgan fingerprint density at radius 1 is 1.14 bits per heavy atom. The van der Waals surface area contributed by atoms with Crippen LogP contribution in [0.3, 0.4) is 0 Å². The SMILES string of the molecule is Cc1cc2c(NCCc3ccc(Cl)cc3)nc(Cl)nc2s1. The molecule has 3 nitrogen and oxygen atoms in total. The van der Waals surface area contributed by atoms with E-state index in [1.165, 1.54) is 10.4 Å². The van der Waals surface area contributed by atoms with Crippen molar-refractivity contribution in [2.75, 3.05) is 11.9 Å². The Bertz CT molecular complexity index is 768. The van der Waals surface area contributed by atoms with Crippen LogP contribution in [0.4, 0.5) is 5.82 Å². The predicted molar refractivity (Wildman–Crippen MR) is 90.8 cm³/mol. The number of halogens is 2. The Morgan fingerprint density at radius 2 is 1.90 bits per heavy atom. The zero-order valence-corrected chi connectivity index (χ0v) is 13.7. The van der Waals surface area contributed by atoms with Crippen LogP contribution in [0.2, 0.25) is 10.3 Å². The Labute approximate surface area is 137 Å². The molecular formula is C15H13Cl2N3S. The first kappa shape index (κ1) is 14.6. The van der Waals surface area contributed by atoms with Crippen molar-refractivity contribution in [3.05, 3.63) is 51.1 Å². The summed E-state index contributed by atoms with van der Waals surface area (Å²) < 4.78 is 0. The highest BCUT2D eigenvalue weighted by molar-refractivity contribution is 7.18. The molecular weight excluding hydrogens is 325 g/mol. The molecule has 3 rings (SSSR count). The number of hydrogen-bond acceptors (Lipinski definition) is 4. The zero-order chi connectivity index (χ0) is 14.8. The Balaban J connectivity index is 1.74. The standard InChI is InChI=1S/C15H13Cl2N3S/c1-9-8-12-13(19-15(17)20-14(12)21-9)18-7-6-10-2-4-11(16)5-3-10/h2-5,8H,6-7H2,1H3,(H,18,19,20). The van der Waals surface area contributed by atoms with Crippen molar-refractivity contribution < 1.29 is 0 Å². The van der Waals surface area contributed by atoms with Gasteiger partial charge in [0.15, 0.2) is 0 Å². The number of nitrogens with zero attached hydrogens (tertiary/aromatic N) is 2. The molecule has 0 atom stereocenters. The normalized spacial score (nSPS) is 11.0. The lowest BCUT2D eigenvalue weighted by Crippen LogP contribution is -2.07. The lowest BCUT2D eigenvalue weighted by atomic mass is 10.1. The molecule has 0 spiro atoms. The second kappa shape index (κ2) is 6.18. The number of nitrogens with one attached hydrogen (secondary N) is 1. The van der Waals surface area contributed by atoms with Crippen molar-refractivity contribution >= 4 is 50.6 Å². The van der Waals surface area contributed by atoms with Crippen molar-refractivity contribution in [2.45, 2.75) is 13.3 Å². The van der Waals surface area contributed by atoms with Gasteiger partial charge in [0.05, 0.1) is 5.39 Å². The number of benzene rings is 1. The summed E-state index contributed by atoms with van der Waals surface area (Å²) in [5.41, 5.74) is 1.23. The molecule has 0 aliphatic carbocycles. The van der Waals surface area contributed by atoms with E-state index in [-0.39, 0.29) is 5.28 Å². The molecule has 0 aliphatic rings. The third-order valence-electron chi connectivity index (χ3n) is 3.11. The summed E-state index contributed by atoms with van der Waals surface area (Å²) in [5, 5.41) is 5.40. The van der Waals surface area contributed by atoms with Gasteiger partial charge in [0.2, 0.25) is 5.28 Å². The molecule has 0 radical (unpaired) electrons. The molecule has 3 aromatic rings. The van der Waals surface area contributed by atoms with Crippen LogP contribution in [0.25, 0.3) is 10.2 Å². The zero-order valence-electron chi connectivity index (χ0n) is 11.4. The first-order valence-electron chi connectivity index (χ1n) is 6.54. The molecule has 1 N–H and O–H groups in total. The molecule has 0 saturated heterocycles. The van der Waals surface area contributed by atoms with Crippen LogP contribution in [0.15, 0.2) is 30.3 Å². The first-order valence-corrected chi connectivity index (χ1v) is 8.11. The monoisotopic (exact) mass is 337 g/mol. The maximum Gasteiger partial charge on any atom is 0.225 e. The van der Waals surface area contributed by atoms with Crippen molar-refractivity contribution in [1.29, 1.82) is 0 Å². The average molecular weight is 338 g/mol. The Kier molecular flexibility index (Phi) is 4.29. The van der Waals surface area contributed by atoms with Gasteiger partial charge >= 0.3 is 0 Å². The maximum atomic E-state index is 5.98. The van der Waals surface area contributed by atoms with Gasteiger partial charge in [-0.1, -0.05) is 23.7 Å². The molecule has 0 unspecified atom stereocenters. The molecule has 2 aromatic heterocycles. The fraction of sp³-hybridized carbons (Fsp3) is 0.200. The van der Waals surface area contributed by atoms with E-state index in [4.69, 9.17) is 23.2 Å². The van der Waals surface area contributed by atoms with Crippen LogP contribution in [0.5, 0.6) is 0 Å². The lowest BCUT2D eigenvalue weighted by Gasteiger charge is -2.07. The quantitative estimate of drug-likeness (QED) is 0.683. The third kappa shape index (κ3) is 3.46. The molecule has 0 bridgehead atoms. The number of hydrogen-bond donors (Lipinski definition) is 1. The fourth-order valence-electron chi connectivity index (χ4n) is 2.13. The number of rotatable bonds is 4. The van der Waals surface area contributed by atoms with Crippen LogP contribution in [-0.2, 0) is 6.42 Å². The van der Waals surface area contributed by atoms with Gasteiger partial charge in [0, 0.05) is 16.4 Å². The van der Waals surface area contributed by atoms with Crippen LogP contribution < -0.4 is 5.32 Å². The molecule has 21 heavy (non-hydrogen) atoms. The third-order valence-corrected chi connectivity index (χ3v) is 4.47. The van der Waals surface area contributed by atoms with Gasteiger partial charge < -0.3 is 5.32 Å². The van der Waals surface area contributed by atoms with E-state index in [0.717, 1.165) is 34.0 Å². The average Bonchev–Trinajstić information content (AvgIpc) is 2.81. The van der Waals surface area contributed by atoms with Crippen LogP contribution in [0, 0.1) is 6.92 Å². The minimum Gasteiger partial charge on any atom is -0.369 e. The number of anilines is 1. The van der Waals surface area contributed by atoms with E-state index in [1.54, 1.807) is 11.3 Å². The van der Waals surface area contributed by atoms with Crippen molar-refractivity contribution in [3.63, 3.8) is 0 Å². The van der Waals surface area contributed by atoms with Crippen LogP contribution in [0.1, 0.15) is 10.4 Å². The molecule has 2 heterocycles. The topological polar surface area (TPSA) is 37.8 Å². The van der Waals surface area contributed by atoms with E-state index in [0.29, 0.717) is 0 Å². The minimum absolute atomic E-state index is 0.276. The second-order valence-electron chi connectivity index (χ2n) is 4.72. The van der Waals surface area contributed by atoms with Gasteiger partial charge in [-0.25, -0.2) is 9.97 Å². The van der Waals surface area contributed by atoms with Crippen LogP contribution >= 0.6 is 34.5 Å². The maximum absolute atomic E-state index is 5.98. The summed E-state index contributed by atoms with van der Waals surface area (Å²) >= 11 is 13.5. The van der Waals surface area contributed by atoms with E-state index >= 15 is 0 Å². The Hall–Kier alpha value is -1.36. The largest absolute Gasteiger partial charge is 0.369 e. The van der Waals surface area contributed by atoms with E-state index in [2.05, 4.69) is 28.3 Å². The predicted octanol–water partition coefficient (Wildman–Crippen LogP) is 4.96. The molecule has 6 heteroatoms. The number of aromatic nitrogens is 2. The Morgan fingerprint density at radius 3 is 2.67 bits per heavy atom. The summed E-state index contributed by atoms with van der Waals surface area (Å²) in [6, 6.07) is 9.95. The minimum atomic E-state index is 0.276. The van der Waals surface area contributed by atoms with Crippen molar-refractivity contribution in [1.82, 2.24) is 9.97 Å². The summed E-state index contributed by atoms with van der Waals surface area (Å²) in [7, 11) is 0. The van der Waals surface area contributed by atoms with Crippen molar-refractivity contribution in [3.8, 4) is 0 Å². The van der Waals surface area contributed by atoms with E-state index in [9.17, 15) is 0 Å². The molecule has 0 saturated carbocycles. The van der Waals surface area contributed by atoms with E-state index < -0.39 is 0 Å². The van der Waals surface area contributed by atoms with E-state index in [1.807, 2.05) is 24.3 Å². The highest BCUT2D eigenvalue weighted by atomic mass is 35.5. The lowest BCUT2D eigenvalue weighted by molar-refractivity contribution is 1.01. The number of aryl methyl sites for hydroxylation is 1. The first-order chi connectivity index (χ1) is 10.1. The fourth-order valence-corrected chi connectivity index (χ4v) is 3.35. The van der Waals surface area contributed by atoms with Gasteiger partial charge in [-0.2, -0.15) is 0 Å². The van der Waals surface area contributed by atoms with Crippen LogP contribution in [-0.4, -0.2) is 16.5 Å². The van der Waals surface area contributed by atoms with Gasteiger partial charge in [-0.15, -0.1) is 11.3 Å². The molecule has 0 fully saturated rings. The summed E-state index contributed by atoms with van der Waals surface area (Å²) in [4.78, 5) is 10.7. The van der Waals surface area contributed by atoms with Gasteiger partial charge in [0.25, 0.3) is 0 Å². The highest BCUT2D eigenvalue weighted by Crippen LogP contribution is 2.29. The number of fused-ring (bicyclic) bond motifs is 1. The smallest absolute Gasteiger partial charge is 0.225 e. The molecule has 108 valence electrons. The highest BCUT2D eigenvalue weighted by Gasteiger charge is 2.09. The van der Waals surface area contributed by atoms with Gasteiger partial charge in [-0.05, 0) is 48.7 Å². The summed E-state index contributed by atoms with van der Waals surface area (Å²) in [5.74, 6) is 0.795. The summed E-state index contributed by atoms with van der Waals surface area (Å²) in [6.07, 6.45) is 0.892. The number of thiophene rings is 1. The summed E-state index contributed by atoms with van der Waals surface area (Å²) in [6.45, 7) is 2.83. The van der Waals surface area contributed by atoms with Crippen molar-refractivity contribution in [2.24, 2.45) is 0 Å². The van der Waals surface area contributed by atoms with Gasteiger partial charge in [-0.3, -0.25) is 0 Å². The molecule has 0 amide bonds.